The Kier molecular flexibility index (Phi) is 6.82. The van der Waals surface area contributed by atoms with Gasteiger partial charge in [-0.2, -0.15) is 5.26 Å². The van der Waals surface area contributed by atoms with Gasteiger partial charge < -0.3 is 14.2 Å². The summed E-state index contributed by atoms with van der Waals surface area (Å²) in [5.41, 5.74) is 0.562. The predicted octanol–water partition coefficient (Wildman–Crippen LogP) is 2.95. The molecule has 0 fully saturated rings. The summed E-state index contributed by atoms with van der Waals surface area (Å²) in [5, 5.41) is 9.06. The first-order valence-corrected chi connectivity index (χ1v) is 6.84. The van der Waals surface area contributed by atoms with Gasteiger partial charge in [-0.25, -0.2) is 4.79 Å². The molecule has 0 N–H and O–H groups in total. The van der Waals surface area contributed by atoms with Crippen molar-refractivity contribution in [3.05, 3.63) is 29.3 Å². The fourth-order valence-corrected chi connectivity index (χ4v) is 1.67. The van der Waals surface area contributed by atoms with E-state index >= 15 is 0 Å². The van der Waals surface area contributed by atoms with Gasteiger partial charge in [-0.1, -0.05) is 0 Å². The van der Waals surface area contributed by atoms with Crippen LogP contribution in [0.4, 0.5) is 0 Å². The van der Waals surface area contributed by atoms with Crippen LogP contribution in [0.25, 0.3) is 6.08 Å². The van der Waals surface area contributed by atoms with Crippen molar-refractivity contribution >= 4 is 12.0 Å². The number of nitriles is 1. The highest BCUT2D eigenvalue weighted by Gasteiger charge is 2.12. The molecule has 0 heterocycles. The average Bonchev–Trinajstić information content (AvgIpc) is 2.47. The number of carbonyl (C=O) groups excluding carboxylic acids is 1. The highest BCUT2D eigenvalue weighted by Crippen LogP contribution is 2.27. The third-order valence-corrected chi connectivity index (χ3v) is 2.51. The minimum absolute atomic E-state index is 0.0676. The zero-order chi connectivity index (χ0) is 15.7. The van der Waals surface area contributed by atoms with Gasteiger partial charge in [0.25, 0.3) is 0 Å². The molecule has 21 heavy (non-hydrogen) atoms. The van der Waals surface area contributed by atoms with Crippen molar-refractivity contribution in [2.75, 3.05) is 19.8 Å². The van der Waals surface area contributed by atoms with Crippen molar-refractivity contribution in [3.63, 3.8) is 0 Å². The third kappa shape index (κ3) is 4.84. The van der Waals surface area contributed by atoms with Crippen molar-refractivity contribution < 1.29 is 19.0 Å². The van der Waals surface area contributed by atoms with E-state index in [0.717, 1.165) is 0 Å². The summed E-state index contributed by atoms with van der Waals surface area (Å²) in [6.07, 6.45) is 1.46. The topological polar surface area (TPSA) is 68.6 Å². The Morgan fingerprint density at radius 1 is 1.19 bits per heavy atom. The second-order valence-electron chi connectivity index (χ2n) is 3.96. The number of benzene rings is 1. The van der Waals surface area contributed by atoms with Crippen molar-refractivity contribution in [1.82, 2.24) is 0 Å². The first-order chi connectivity index (χ1) is 10.2. The molecule has 0 saturated carbocycles. The number of hydrogen-bond donors (Lipinski definition) is 0. The monoisotopic (exact) mass is 289 g/mol. The van der Waals surface area contributed by atoms with Crippen LogP contribution in [-0.4, -0.2) is 25.8 Å². The lowest BCUT2D eigenvalue weighted by Gasteiger charge is -2.10. The van der Waals surface area contributed by atoms with Gasteiger partial charge in [0.1, 0.15) is 23.1 Å². The first kappa shape index (κ1) is 16.6. The molecule has 1 rings (SSSR count). The van der Waals surface area contributed by atoms with E-state index in [2.05, 4.69) is 0 Å². The van der Waals surface area contributed by atoms with E-state index in [1.807, 2.05) is 19.9 Å². The van der Waals surface area contributed by atoms with Gasteiger partial charge in [0.2, 0.25) is 0 Å². The van der Waals surface area contributed by atoms with Crippen LogP contribution >= 0.6 is 0 Å². The van der Waals surface area contributed by atoms with E-state index in [9.17, 15) is 4.79 Å². The Labute approximate surface area is 124 Å². The molecule has 0 aliphatic rings. The molecule has 0 radical (unpaired) electrons. The van der Waals surface area contributed by atoms with Crippen LogP contribution in [0.2, 0.25) is 0 Å². The van der Waals surface area contributed by atoms with E-state index < -0.39 is 5.97 Å². The zero-order valence-electron chi connectivity index (χ0n) is 12.5. The Hall–Kier alpha value is -2.48. The third-order valence-electron chi connectivity index (χ3n) is 2.51. The molecule has 5 nitrogen and oxygen atoms in total. The SMILES string of the molecule is CCOC(=O)/C(C#N)=C\c1ccc(OCC)cc1OCC. The molecule has 0 amide bonds. The fourth-order valence-electron chi connectivity index (χ4n) is 1.67. The number of ether oxygens (including phenoxy) is 3. The summed E-state index contributed by atoms with van der Waals surface area (Å²) >= 11 is 0. The van der Waals surface area contributed by atoms with E-state index in [1.165, 1.54) is 6.08 Å². The Morgan fingerprint density at radius 3 is 2.48 bits per heavy atom. The van der Waals surface area contributed by atoms with Crippen LogP contribution in [0, 0.1) is 11.3 Å². The lowest BCUT2D eigenvalue weighted by Crippen LogP contribution is -2.06. The molecular weight excluding hydrogens is 270 g/mol. The van der Waals surface area contributed by atoms with E-state index in [0.29, 0.717) is 30.3 Å². The summed E-state index contributed by atoms with van der Waals surface area (Å²) in [5.74, 6) is 0.588. The van der Waals surface area contributed by atoms with Crippen molar-refractivity contribution in [2.45, 2.75) is 20.8 Å². The van der Waals surface area contributed by atoms with Crippen molar-refractivity contribution in [3.8, 4) is 17.6 Å². The second-order valence-corrected chi connectivity index (χ2v) is 3.96. The Bertz CT molecular complexity index is 558. The molecule has 0 bridgehead atoms. The fraction of sp³-hybridized carbons (Fsp3) is 0.375. The summed E-state index contributed by atoms with van der Waals surface area (Å²) in [4.78, 5) is 11.6. The van der Waals surface area contributed by atoms with Gasteiger partial charge in [-0.3, -0.25) is 0 Å². The molecule has 1 aromatic carbocycles. The highest BCUT2D eigenvalue weighted by atomic mass is 16.5. The summed E-state index contributed by atoms with van der Waals surface area (Å²) in [6.45, 7) is 6.68. The van der Waals surface area contributed by atoms with Crippen LogP contribution in [0.1, 0.15) is 26.3 Å². The molecule has 112 valence electrons. The second kappa shape index (κ2) is 8.64. The lowest BCUT2D eigenvalue weighted by atomic mass is 10.1. The maximum Gasteiger partial charge on any atom is 0.348 e. The van der Waals surface area contributed by atoms with Crippen LogP contribution in [0.5, 0.6) is 11.5 Å². The van der Waals surface area contributed by atoms with Crippen LogP contribution in [0.15, 0.2) is 23.8 Å². The van der Waals surface area contributed by atoms with Gasteiger partial charge in [0.05, 0.1) is 19.8 Å². The highest BCUT2D eigenvalue weighted by molar-refractivity contribution is 5.98. The summed E-state index contributed by atoms with van der Waals surface area (Å²) < 4.78 is 15.8. The van der Waals surface area contributed by atoms with Gasteiger partial charge >= 0.3 is 5.97 Å². The minimum Gasteiger partial charge on any atom is -0.494 e. The van der Waals surface area contributed by atoms with Gasteiger partial charge in [-0.05, 0) is 39.0 Å². The van der Waals surface area contributed by atoms with E-state index in [1.54, 1.807) is 25.1 Å². The van der Waals surface area contributed by atoms with E-state index in [4.69, 9.17) is 19.5 Å². The molecule has 0 spiro atoms. The molecule has 1 aromatic rings. The number of nitrogens with zero attached hydrogens (tertiary/aromatic N) is 1. The normalized spacial score (nSPS) is 10.7. The zero-order valence-corrected chi connectivity index (χ0v) is 12.5. The average molecular weight is 289 g/mol. The molecule has 0 atom stereocenters. The quantitative estimate of drug-likeness (QED) is 0.438. The molecule has 5 heteroatoms. The van der Waals surface area contributed by atoms with Gasteiger partial charge in [0.15, 0.2) is 0 Å². The minimum atomic E-state index is -0.642. The van der Waals surface area contributed by atoms with Crippen molar-refractivity contribution in [2.24, 2.45) is 0 Å². The van der Waals surface area contributed by atoms with Gasteiger partial charge in [0, 0.05) is 11.6 Å². The number of rotatable bonds is 7. The lowest BCUT2D eigenvalue weighted by molar-refractivity contribution is -0.137. The molecule has 0 aliphatic carbocycles. The van der Waals surface area contributed by atoms with E-state index in [-0.39, 0.29) is 12.2 Å². The number of carbonyl (C=O) groups is 1. The maximum atomic E-state index is 11.6. The van der Waals surface area contributed by atoms with Crippen molar-refractivity contribution in [1.29, 1.82) is 5.26 Å². The molecule has 0 saturated heterocycles. The maximum absolute atomic E-state index is 11.6. The number of hydrogen-bond acceptors (Lipinski definition) is 5. The molecular formula is C16H19NO4. The van der Waals surface area contributed by atoms with Gasteiger partial charge in [-0.15, -0.1) is 0 Å². The Morgan fingerprint density at radius 2 is 1.90 bits per heavy atom. The predicted molar refractivity (Wildman–Crippen MR) is 79.0 cm³/mol. The van der Waals surface area contributed by atoms with Crippen LogP contribution in [-0.2, 0) is 9.53 Å². The first-order valence-electron chi connectivity index (χ1n) is 6.84. The summed E-state index contributed by atoms with van der Waals surface area (Å²) in [6, 6.07) is 7.08. The smallest absolute Gasteiger partial charge is 0.348 e. The standard InChI is InChI=1S/C16H19NO4/c1-4-19-14-8-7-12(15(10-14)20-5-2)9-13(11-17)16(18)21-6-3/h7-10H,4-6H2,1-3H3/b13-9-. The molecule has 0 aliphatic heterocycles. The number of esters is 1. The Balaban J connectivity index is 3.15. The largest absolute Gasteiger partial charge is 0.494 e. The van der Waals surface area contributed by atoms with Crippen LogP contribution in [0.3, 0.4) is 0 Å². The molecule has 0 aromatic heterocycles. The molecule has 0 unspecified atom stereocenters. The van der Waals surface area contributed by atoms with Crippen LogP contribution < -0.4 is 9.47 Å². The summed E-state index contributed by atoms with van der Waals surface area (Å²) in [7, 11) is 0.